The smallest absolute Gasteiger partial charge is 0.404 e. The molecule has 0 aliphatic carbocycles. The van der Waals surface area contributed by atoms with Gasteiger partial charge in [-0.2, -0.15) is 0 Å². The molecule has 0 amide bonds. The molecule has 0 heterocycles. The van der Waals surface area contributed by atoms with Gasteiger partial charge < -0.3 is 10.1 Å². The van der Waals surface area contributed by atoms with E-state index in [4.69, 9.17) is 0 Å². The molecule has 1 rings (SSSR count). The molecule has 0 aliphatic rings. The van der Waals surface area contributed by atoms with Gasteiger partial charge in [-0.25, -0.2) is 4.39 Å². The maximum absolute atomic E-state index is 12.6. The van der Waals surface area contributed by atoms with Crippen molar-refractivity contribution in [1.29, 1.82) is 0 Å². The van der Waals surface area contributed by atoms with Crippen LogP contribution in [0.4, 0.5) is 23.2 Å². The SMILES string of the molecule is CNc1cc(F)ccc1OC(F)(F)F.Cl. The van der Waals surface area contributed by atoms with Crippen LogP contribution in [-0.2, 0) is 0 Å². The van der Waals surface area contributed by atoms with Crippen molar-refractivity contribution < 1.29 is 22.3 Å². The van der Waals surface area contributed by atoms with Gasteiger partial charge >= 0.3 is 6.36 Å². The lowest BCUT2D eigenvalue weighted by atomic mass is 10.3. The van der Waals surface area contributed by atoms with Crippen molar-refractivity contribution in [3.05, 3.63) is 24.0 Å². The summed E-state index contributed by atoms with van der Waals surface area (Å²) in [5.74, 6) is -1.09. The second-order valence-electron chi connectivity index (χ2n) is 2.44. The van der Waals surface area contributed by atoms with Gasteiger partial charge in [0.25, 0.3) is 0 Å². The van der Waals surface area contributed by atoms with Gasteiger partial charge in [0.05, 0.1) is 5.69 Å². The van der Waals surface area contributed by atoms with Crippen LogP contribution in [0.15, 0.2) is 18.2 Å². The van der Waals surface area contributed by atoms with Crippen LogP contribution in [0.5, 0.6) is 5.75 Å². The molecule has 0 aliphatic heterocycles. The third-order valence-electron chi connectivity index (χ3n) is 1.44. The van der Waals surface area contributed by atoms with Crippen LogP contribution in [0.2, 0.25) is 0 Å². The maximum Gasteiger partial charge on any atom is 0.573 e. The van der Waals surface area contributed by atoms with Gasteiger partial charge in [0.15, 0.2) is 5.75 Å². The lowest BCUT2D eigenvalue weighted by molar-refractivity contribution is -0.274. The predicted octanol–water partition coefficient (Wildman–Crippen LogP) is 3.19. The molecule has 0 aromatic heterocycles. The standard InChI is InChI=1S/C8H7F4NO.ClH/c1-13-6-4-5(9)2-3-7(6)14-8(10,11)12;/h2-4,13H,1H3;1H. The van der Waals surface area contributed by atoms with Crippen LogP contribution in [0.1, 0.15) is 0 Å². The second-order valence-corrected chi connectivity index (χ2v) is 2.44. The summed E-state index contributed by atoms with van der Waals surface area (Å²) in [5, 5.41) is 2.39. The minimum Gasteiger partial charge on any atom is -0.404 e. The fourth-order valence-electron chi connectivity index (χ4n) is 0.911. The Hall–Kier alpha value is -1.17. The van der Waals surface area contributed by atoms with E-state index >= 15 is 0 Å². The third kappa shape index (κ3) is 4.24. The van der Waals surface area contributed by atoms with E-state index in [0.29, 0.717) is 0 Å². The maximum atomic E-state index is 12.6. The minimum absolute atomic E-state index is 0. The van der Waals surface area contributed by atoms with Crippen molar-refractivity contribution in [3.8, 4) is 5.75 Å². The topological polar surface area (TPSA) is 21.3 Å². The third-order valence-corrected chi connectivity index (χ3v) is 1.44. The highest BCUT2D eigenvalue weighted by Crippen LogP contribution is 2.30. The molecule has 1 aromatic carbocycles. The van der Waals surface area contributed by atoms with Gasteiger partial charge in [-0.05, 0) is 12.1 Å². The predicted molar refractivity (Wildman–Crippen MR) is 49.9 cm³/mol. The molecule has 0 saturated carbocycles. The Labute approximate surface area is 89.6 Å². The van der Waals surface area contributed by atoms with Crippen molar-refractivity contribution in [1.82, 2.24) is 0 Å². The number of anilines is 1. The van der Waals surface area contributed by atoms with E-state index in [0.717, 1.165) is 18.2 Å². The Morgan fingerprint density at radius 2 is 1.87 bits per heavy atom. The number of benzene rings is 1. The average Bonchev–Trinajstić information content (AvgIpc) is 2.06. The molecule has 15 heavy (non-hydrogen) atoms. The molecule has 0 spiro atoms. The molecule has 0 saturated heterocycles. The Morgan fingerprint density at radius 3 is 2.33 bits per heavy atom. The summed E-state index contributed by atoms with van der Waals surface area (Å²) in [5.41, 5.74) is -0.0534. The average molecular weight is 246 g/mol. The molecule has 0 fully saturated rings. The number of hydrogen-bond acceptors (Lipinski definition) is 2. The molecule has 0 unspecified atom stereocenters. The molecular formula is C8H8ClF4NO. The molecule has 1 aromatic rings. The van der Waals surface area contributed by atoms with E-state index in [1.54, 1.807) is 0 Å². The van der Waals surface area contributed by atoms with Crippen LogP contribution in [0.3, 0.4) is 0 Å². The summed E-state index contributed by atoms with van der Waals surface area (Å²) in [6, 6.07) is 2.72. The van der Waals surface area contributed by atoms with Crippen LogP contribution in [0, 0.1) is 5.82 Å². The normalized spacial score (nSPS) is 10.5. The largest absolute Gasteiger partial charge is 0.573 e. The first-order valence-electron chi connectivity index (χ1n) is 3.65. The summed E-state index contributed by atoms with van der Waals surface area (Å²) in [6.45, 7) is 0. The number of ether oxygens (including phenoxy) is 1. The Kier molecular flexibility index (Phi) is 4.67. The Bertz CT molecular complexity index is 329. The van der Waals surface area contributed by atoms with Crippen molar-refractivity contribution in [2.24, 2.45) is 0 Å². The summed E-state index contributed by atoms with van der Waals surface area (Å²) >= 11 is 0. The van der Waals surface area contributed by atoms with Crippen LogP contribution < -0.4 is 10.1 Å². The van der Waals surface area contributed by atoms with E-state index in [2.05, 4.69) is 10.1 Å². The molecule has 1 N–H and O–H groups in total. The molecule has 0 radical (unpaired) electrons. The van der Waals surface area contributed by atoms with Gasteiger partial charge in [0.2, 0.25) is 0 Å². The van der Waals surface area contributed by atoms with E-state index < -0.39 is 17.9 Å². The van der Waals surface area contributed by atoms with E-state index in [1.165, 1.54) is 7.05 Å². The van der Waals surface area contributed by atoms with E-state index in [1.807, 2.05) is 0 Å². The minimum atomic E-state index is -4.77. The number of rotatable bonds is 2. The van der Waals surface area contributed by atoms with Crippen molar-refractivity contribution in [2.45, 2.75) is 6.36 Å². The lowest BCUT2D eigenvalue weighted by Gasteiger charge is -2.12. The first-order chi connectivity index (χ1) is 6.42. The lowest BCUT2D eigenvalue weighted by Crippen LogP contribution is -2.18. The number of halogens is 5. The summed E-state index contributed by atoms with van der Waals surface area (Å²) in [7, 11) is 1.37. The van der Waals surface area contributed by atoms with E-state index in [9.17, 15) is 17.6 Å². The highest BCUT2D eigenvalue weighted by Gasteiger charge is 2.32. The molecule has 2 nitrogen and oxygen atoms in total. The quantitative estimate of drug-likeness (QED) is 0.808. The highest BCUT2D eigenvalue weighted by atomic mass is 35.5. The first-order valence-corrected chi connectivity index (χ1v) is 3.65. The van der Waals surface area contributed by atoms with Gasteiger partial charge in [-0.15, -0.1) is 25.6 Å². The summed E-state index contributed by atoms with van der Waals surface area (Å²) < 4.78 is 51.7. The summed E-state index contributed by atoms with van der Waals surface area (Å²) in [6.07, 6.45) is -4.77. The van der Waals surface area contributed by atoms with Crippen LogP contribution >= 0.6 is 12.4 Å². The summed E-state index contributed by atoms with van der Waals surface area (Å²) in [4.78, 5) is 0. The fraction of sp³-hybridized carbons (Fsp3) is 0.250. The number of alkyl halides is 3. The van der Waals surface area contributed by atoms with E-state index in [-0.39, 0.29) is 18.1 Å². The zero-order valence-electron chi connectivity index (χ0n) is 7.56. The van der Waals surface area contributed by atoms with Gasteiger partial charge in [-0.1, -0.05) is 0 Å². The zero-order valence-corrected chi connectivity index (χ0v) is 8.38. The molecule has 86 valence electrons. The van der Waals surface area contributed by atoms with Gasteiger partial charge in [-0.3, -0.25) is 0 Å². The molecule has 0 atom stereocenters. The van der Waals surface area contributed by atoms with Crippen molar-refractivity contribution in [2.75, 3.05) is 12.4 Å². The Balaban J connectivity index is 0.00000196. The number of nitrogens with one attached hydrogen (secondary N) is 1. The molecular weight excluding hydrogens is 238 g/mol. The fourth-order valence-corrected chi connectivity index (χ4v) is 0.911. The second kappa shape index (κ2) is 5.06. The monoisotopic (exact) mass is 245 g/mol. The van der Waals surface area contributed by atoms with Gasteiger partial charge in [0, 0.05) is 13.1 Å². The van der Waals surface area contributed by atoms with Crippen molar-refractivity contribution >= 4 is 18.1 Å². The first kappa shape index (κ1) is 13.8. The van der Waals surface area contributed by atoms with Crippen molar-refractivity contribution in [3.63, 3.8) is 0 Å². The number of hydrogen-bond donors (Lipinski definition) is 1. The van der Waals surface area contributed by atoms with Crippen LogP contribution in [-0.4, -0.2) is 13.4 Å². The zero-order chi connectivity index (χ0) is 10.8. The Morgan fingerprint density at radius 1 is 1.27 bits per heavy atom. The molecule has 7 heteroatoms. The highest BCUT2D eigenvalue weighted by molar-refractivity contribution is 5.85. The molecule has 0 bridgehead atoms. The van der Waals surface area contributed by atoms with Gasteiger partial charge in [0.1, 0.15) is 5.82 Å². The van der Waals surface area contributed by atoms with Crippen LogP contribution in [0.25, 0.3) is 0 Å².